The van der Waals surface area contributed by atoms with Gasteiger partial charge in [-0.1, -0.05) is 30.1 Å². The number of hydrogen-bond donors (Lipinski definition) is 0. The Hall–Kier alpha value is -1.69. The van der Waals surface area contributed by atoms with Gasteiger partial charge in [-0.3, -0.25) is 14.5 Å². The predicted octanol–water partition coefficient (Wildman–Crippen LogP) is 5.70. The highest BCUT2D eigenvalue weighted by Crippen LogP contribution is 2.35. The molecule has 0 unspecified atom stereocenters. The summed E-state index contributed by atoms with van der Waals surface area (Å²) in [6, 6.07) is 8.62. The Morgan fingerprint density at radius 3 is 2.71 bits per heavy atom. The van der Waals surface area contributed by atoms with Gasteiger partial charge in [0.25, 0.3) is 11.1 Å². The lowest BCUT2D eigenvalue weighted by molar-refractivity contribution is -0.122. The van der Waals surface area contributed by atoms with E-state index in [-0.39, 0.29) is 11.1 Å². The van der Waals surface area contributed by atoms with Gasteiger partial charge in [0.15, 0.2) is 0 Å². The maximum atomic E-state index is 12.2. The molecule has 0 atom stereocenters. The SMILES string of the molecule is CCCN1C(=O)S/C(=C\c2ccc(-c3ccc(Cl)cc3Cl)o2)C1=O. The van der Waals surface area contributed by atoms with Gasteiger partial charge < -0.3 is 4.42 Å². The molecule has 2 heterocycles. The molecular formula is C17H13Cl2NO3S. The third kappa shape index (κ3) is 3.38. The molecule has 0 spiro atoms. The number of carbonyl (C=O) groups is 2. The Balaban J connectivity index is 1.86. The van der Waals surface area contributed by atoms with Crippen LogP contribution < -0.4 is 0 Å². The number of thioether (sulfide) groups is 1. The van der Waals surface area contributed by atoms with Crippen LogP contribution in [0.3, 0.4) is 0 Å². The van der Waals surface area contributed by atoms with E-state index in [4.69, 9.17) is 27.6 Å². The van der Waals surface area contributed by atoms with E-state index in [1.54, 1.807) is 36.4 Å². The minimum absolute atomic E-state index is 0.249. The highest BCUT2D eigenvalue weighted by molar-refractivity contribution is 8.18. The Bertz CT molecular complexity index is 844. The van der Waals surface area contributed by atoms with E-state index >= 15 is 0 Å². The van der Waals surface area contributed by atoms with E-state index in [0.717, 1.165) is 18.2 Å². The fourth-order valence-electron chi connectivity index (χ4n) is 2.31. The third-order valence-electron chi connectivity index (χ3n) is 3.42. The lowest BCUT2D eigenvalue weighted by atomic mass is 10.2. The van der Waals surface area contributed by atoms with Crippen LogP contribution in [0.2, 0.25) is 10.0 Å². The molecule has 1 aromatic carbocycles. The lowest BCUT2D eigenvalue weighted by Gasteiger charge is -2.09. The quantitative estimate of drug-likeness (QED) is 0.637. The molecule has 4 nitrogen and oxygen atoms in total. The predicted molar refractivity (Wildman–Crippen MR) is 97.1 cm³/mol. The summed E-state index contributed by atoms with van der Waals surface area (Å²) in [6.07, 6.45) is 2.30. The molecule has 1 saturated heterocycles. The molecule has 0 bridgehead atoms. The molecule has 1 aliphatic heterocycles. The first-order valence-electron chi connectivity index (χ1n) is 7.30. The van der Waals surface area contributed by atoms with Crippen molar-refractivity contribution in [3.05, 3.63) is 51.0 Å². The van der Waals surface area contributed by atoms with Gasteiger partial charge in [-0.2, -0.15) is 0 Å². The molecule has 7 heteroatoms. The summed E-state index contributed by atoms with van der Waals surface area (Å²) in [7, 11) is 0. The van der Waals surface area contributed by atoms with E-state index in [1.807, 2.05) is 6.92 Å². The summed E-state index contributed by atoms with van der Waals surface area (Å²) < 4.78 is 5.73. The Morgan fingerprint density at radius 1 is 1.21 bits per heavy atom. The number of benzene rings is 1. The van der Waals surface area contributed by atoms with Crippen LogP contribution >= 0.6 is 35.0 Å². The van der Waals surface area contributed by atoms with Crippen molar-refractivity contribution in [3.8, 4) is 11.3 Å². The van der Waals surface area contributed by atoms with Crippen LogP contribution in [0.25, 0.3) is 17.4 Å². The number of amides is 2. The highest BCUT2D eigenvalue weighted by Gasteiger charge is 2.34. The van der Waals surface area contributed by atoms with Crippen molar-refractivity contribution < 1.29 is 14.0 Å². The summed E-state index contributed by atoms with van der Waals surface area (Å²) in [6.45, 7) is 2.34. The Kier molecular flexibility index (Phi) is 5.04. The summed E-state index contributed by atoms with van der Waals surface area (Å²) in [5.41, 5.74) is 0.708. The number of rotatable bonds is 4. The maximum absolute atomic E-state index is 12.2. The van der Waals surface area contributed by atoms with Gasteiger partial charge in [0.2, 0.25) is 0 Å². The van der Waals surface area contributed by atoms with Crippen LogP contribution in [0.5, 0.6) is 0 Å². The van der Waals surface area contributed by atoms with E-state index in [1.165, 1.54) is 4.90 Å². The van der Waals surface area contributed by atoms with Crippen molar-refractivity contribution in [1.82, 2.24) is 4.90 Å². The van der Waals surface area contributed by atoms with Crippen molar-refractivity contribution in [3.63, 3.8) is 0 Å². The summed E-state index contributed by atoms with van der Waals surface area (Å²) in [5, 5.41) is 0.771. The lowest BCUT2D eigenvalue weighted by Crippen LogP contribution is -2.28. The van der Waals surface area contributed by atoms with Gasteiger partial charge in [0.05, 0.1) is 9.93 Å². The van der Waals surface area contributed by atoms with E-state index in [2.05, 4.69) is 0 Å². The van der Waals surface area contributed by atoms with Crippen LogP contribution in [0.4, 0.5) is 4.79 Å². The topological polar surface area (TPSA) is 50.5 Å². The summed E-state index contributed by atoms with van der Waals surface area (Å²) in [5.74, 6) is 0.767. The van der Waals surface area contributed by atoms with Crippen molar-refractivity contribution in [2.24, 2.45) is 0 Å². The van der Waals surface area contributed by atoms with Crippen LogP contribution in [0.1, 0.15) is 19.1 Å². The normalized spacial score (nSPS) is 16.5. The molecule has 1 aromatic heterocycles. The van der Waals surface area contributed by atoms with Gasteiger partial charge in [-0.25, -0.2) is 0 Å². The van der Waals surface area contributed by atoms with Crippen molar-refractivity contribution in [2.75, 3.05) is 6.54 Å². The zero-order valence-corrected chi connectivity index (χ0v) is 15.0. The molecule has 2 amide bonds. The molecule has 0 saturated carbocycles. The maximum Gasteiger partial charge on any atom is 0.293 e. The summed E-state index contributed by atoms with van der Waals surface area (Å²) in [4.78, 5) is 25.7. The third-order valence-corrected chi connectivity index (χ3v) is 4.87. The molecule has 2 aromatic rings. The average Bonchev–Trinajstić information content (AvgIpc) is 3.08. The van der Waals surface area contributed by atoms with E-state index in [9.17, 15) is 9.59 Å². The fraction of sp³-hybridized carbons (Fsp3) is 0.176. The smallest absolute Gasteiger partial charge is 0.293 e. The van der Waals surface area contributed by atoms with Gasteiger partial charge in [-0.15, -0.1) is 0 Å². The molecule has 24 heavy (non-hydrogen) atoms. The van der Waals surface area contributed by atoms with Gasteiger partial charge in [0, 0.05) is 23.2 Å². The second kappa shape index (κ2) is 7.05. The first-order chi connectivity index (χ1) is 11.5. The van der Waals surface area contributed by atoms with Crippen molar-refractivity contribution in [2.45, 2.75) is 13.3 Å². The van der Waals surface area contributed by atoms with Crippen LogP contribution in [-0.4, -0.2) is 22.6 Å². The zero-order valence-electron chi connectivity index (χ0n) is 12.7. The first kappa shape index (κ1) is 17.1. The number of carbonyl (C=O) groups excluding carboxylic acids is 2. The Morgan fingerprint density at radius 2 is 2.00 bits per heavy atom. The van der Waals surface area contributed by atoms with Gasteiger partial charge >= 0.3 is 0 Å². The number of imide groups is 1. The van der Waals surface area contributed by atoms with Crippen LogP contribution in [-0.2, 0) is 4.79 Å². The number of furan rings is 1. The average molecular weight is 382 g/mol. The second-order valence-electron chi connectivity index (χ2n) is 5.16. The highest BCUT2D eigenvalue weighted by atomic mass is 35.5. The van der Waals surface area contributed by atoms with E-state index < -0.39 is 0 Å². The standard InChI is InChI=1S/C17H13Cl2NO3S/c1-2-7-20-16(21)15(24-17(20)22)9-11-4-6-14(23-11)12-5-3-10(18)8-13(12)19/h3-6,8-9H,2,7H2,1H3/b15-9-. The van der Waals surface area contributed by atoms with Crippen molar-refractivity contribution >= 4 is 52.2 Å². The molecule has 1 aliphatic rings. The fourth-order valence-corrected chi connectivity index (χ4v) is 3.66. The van der Waals surface area contributed by atoms with Crippen molar-refractivity contribution in [1.29, 1.82) is 0 Å². The number of nitrogens with zero attached hydrogens (tertiary/aromatic N) is 1. The number of halogens is 2. The molecule has 0 radical (unpaired) electrons. The molecular weight excluding hydrogens is 369 g/mol. The van der Waals surface area contributed by atoms with Gasteiger partial charge in [0.1, 0.15) is 11.5 Å². The zero-order chi connectivity index (χ0) is 17.3. The second-order valence-corrected chi connectivity index (χ2v) is 7.00. The molecule has 124 valence electrons. The minimum Gasteiger partial charge on any atom is -0.457 e. The van der Waals surface area contributed by atoms with Gasteiger partial charge in [-0.05, 0) is 48.5 Å². The minimum atomic E-state index is -0.283. The largest absolute Gasteiger partial charge is 0.457 e. The molecule has 3 rings (SSSR count). The van der Waals surface area contributed by atoms with Crippen LogP contribution in [0, 0.1) is 0 Å². The van der Waals surface area contributed by atoms with E-state index in [0.29, 0.717) is 38.6 Å². The van der Waals surface area contributed by atoms with Crippen LogP contribution in [0.15, 0.2) is 39.7 Å². The monoisotopic (exact) mass is 381 g/mol. The molecule has 0 aliphatic carbocycles. The summed E-state index contributed by atoms with van der Waals surface area (Å²) >= 11 is 13.0. The molecule has 0 N–H and O–H groups in total. The number of hydrogen-bond acceptors (Lipinski definition) is 4. The first-order valence-corrected chi connectivity index (χ1v) is 8.87. The molecule has 1 fully saturated rings. The Labute approximate surface area is 153 Å².